The molecule has 3 rings (SSSR count). The number of benzene rings is 2. The van der Waals surface area contributed by atoms with Gasteiger partial charge in [-0.3, -0.25) is 4.79 Å². The van der Waals surface area contributed by atoms with Gasteiger partial charge in [-0.15, -0.1) is 0 Å². The van der Waals surface area contributed by atoms with Crippen molar-refractivity contribution in [2.24, 2.45) is 0 Å². The summed E-state index contributed by atoms with van der Waals surface area (Å²) in [5, 5.41) is 2.91. The number of para-hydroxylation sites is 2. The normalized spacial score (nSPS) is 12.2. The molecule has 0 aliphatic heterocycles. The molecule has 29 heavy (non-hydrogen) atoms. The minimum absolute atomic E-state index is 0.214. The highest BCUT2D eigenvalue weighted by Gasteiger charge is 2.18. The van der Waals surface area contributed by atoms with Crippen LogP contribution in [0.2, 0.25) is 0 Å². The molecular weight excluding hydrogens is 362 g/mol. The Hall–Kier alpha value is -3.08. The van der Waals surface area contributed by atoms with Gasteiger partial charge in [0.05, 0.1) is 23.6 Å². The van der Waals surface area contributed by atoms with E-state index >= 15 is 0 Å². The summed E-state index contributed by atoms with van der Waals surface area (Å²) in [6.07, 6.45) is 1.28. The van der Waals surface area contributed by atoms with Gasteiger partial charge in [-0.05, 0) is 55.2 Å². The molecule has 5 nitrogen and oxygen atoms in total. The van der Waals surface area contributed by atoms with E-state index in [1.165, 1.54) is 17.2 Å². The van der Waals surface area contributed by atoms with Gasteiger partial charge >= 0.3 is 0 Å². The summed E-state index contributed by atoms with van der Waals surface area (Å²) in [4.78, 5) is 16.5. The molecule has 0 aliphatic carbocycles. The summed E-state index contributed by atoms with van der Waals surface area (Å²) >= 11 is 0. The molecule has 0 radical (unpaired) electrons. The fourth-order valence-electron chi connectivity index (χ4n) is 3.49. The summed E-state index contributed by atoms with van der Waals surface area (Å²) in [7, 11) is 0. The molecule has 1 unspecified atom stereocenters. The van der Waals surface area contributed by atoms with E-state index in [1.54, 1.807) is 0 Å². The molecule has 0 saturated heterocycles. The van der Waals surface area contributed by atoms with E-state index in [0.29, 0.717) is 19.1 Å². The molecule has 5 heteroatoms. The largest absolute Gasteiger partial charge is 0.491 e. The Balaban J connectivity index is 1.84. The predicted octanol–water partition coefficient (Wildman–Crippen LogP) is 4.91. The lowest BCUT2D eigenvalue weighted by Gasteiger charge is -2.18. The van der Waals surface area contributed by atoms with Gasteiger partial charge in [-0.2, -0.15) is 0 Å². The third kappa shape index (κ3) is 4.67. The maximum absolute atomic E-state index is 11.8. The maximum Gasteiger partial charge on any atom is 0.243 e. The van der Waals surface area contributed by atoms with E-state index < -0.39 is 0 Å². The number of carbonyl (C=O) groups is 1. The van der Waals surface area contributed by atoms with Crippen LogP contribution in [0.15, 0.2) is 55.1 Å². The Labute approximate surface area is 172 Å². The monoisotopic (exact) mass is 391 g/mol. The molecule has 152 valence electrons. The molecule has 0 bridgehead atoms. The SMILES string of the molecule is C=CC(=O)NC(C)c1nc2ccccc2n1CCOc1cc(C)ccc1C(C)C. The Morgan fingerprint density at radius 1 is 1.24 bits per heavy atom. The van der Waals surface area contributed by atoms with Crippen molar-refractivity contribution < 1.29 is 9.53 Å². The second-order valence-electron chi connectivity index (χ2n) is 7.59. The van der Waals surface area contributed by atoms with Crippen molar-refractivity contribution in [3.05, 3.63) is 72.1 Å². The minimum atomic E-state index is -0.238. The molecule has 3 aromatic rings. The lowest BCUT2D eigenvalue weighted by molar-refractivity contribution is -0.117. The van der Waals surface area contributed by atoms with Crippen LogP contribution in [0.4, 0.5) is 0 Å². The van der Waals surface area contributed by atoms with Crippen molar-refractivity contribution in [3.8, 4) is 5.75 Å². The minimum Gasteiger partial charge on any atom is -0.491 e. The van der Waals surface area contributed by atoms with Gasteiger partial charge in [-0.25, -0.2) is 4.98 Å². The van der Waals surface area contributed by atoms with Crippen LogP contribution in [0, 0.1) is 6.92 Å². The summed E-state index contributed by atoms with van der Waals surface area (Å²) in [6.45, 7) is 13.0. The van der Waals surface area contributed by atoms with Gasteiger partial charge in [0, 0.05) is 0 Å². The number of ether oxygens (including phenoxy) is 1. The number of aromatic nitrogens is 2. The molecule has 2 aromatic carbocycles. The van der Waals surface area contributed by atoms with E-state index in [1.807, 2.05) is 31.2 Å². The van der Waals surface area contributed by atoms with E-state index in [-0.39, 0.29) is 11.9 Å². The molecule has 0 fully saturated rings. The predicted molar refractivity (Wildman–Crippen MR) is 117 cm³/mol. The molecule has 0 aliphatic rings. The van der Waals surface area contributed by atoms with Gasteiger partial charge < -0.3 is 14.6 Å². The lowest BCUT2D eigenvalue weighted by atomic mass is 10.0. The molecule has 0 spiro atoms. The quantitative estimate of drug-likeness (QED) is 0.555. The Morgan fingerprint density at radius 2 is 2.00 bits per heavy atom. The molecule has 1 atom stereocenters. The number of nitrogens with one attached hydrogen (secondary N) is 1. The molecule has 0 saturated carbocycles. The van der Waals surface area contributed by atoms with Crippen molar-refractivity contribution in [2.45, 2.75) is 46.2 Å². The zero-order valence-electron chi connectivity index (χ0n) is 17.6. The zero-order chi connectivity index (χ0) is 21.0. The first-order chi connectivity index (χ1) is 13.9. The number of amides is 1. The van der Waals surface area contributed by atoms with E-state index in [9.17, 15) is 4.79 Å². The highest BCUT2D eigenvalue weighted by molar-refractivity contribution is 5.87. The van der Waals surface area contributed by atoms with Gasteiger partial charge in [0.1, 0.15) is 18.2 Å². The van der Waals surface area contributed by atoms with Crippen molar-refractivity contribution in [2.75, 3.05) is 6.61 Å². The van der Waals surface area contributed by atoms with Crippen LogP contribution in [0.3, 0.4) is 0 Å². The van der Waals surface area contributed by atoms with Crippen molar-refractivity contribution in [3.63, 3.8) is 0 Å². The summed E-state index contributed by atoms with van der Waals surface area (Å²) in [5.41, 5.74) is 4.32. The number of fused-ring (bicyclic) bond motifs is 1. The van der Waals surface area contributed by atoms with Crippen LogP contribution in [0.1, 0.15) is 49.7 Å². The van der Waals surface area contributed by atoms with E-state index in [2.05, 4.69) is 55.4 Å². The smallest absolute Gasteiger partial charge is 0.243 e. The van der Waals surface area contributed by atoms with Crippen LogP contribution in [-0.4, -0.2) is 22.1 Å². The van der Waals surface area contributed by atoms with Gasteiger partial charge in [0.25, 0.3) is 0 Å². The number of nitrogens with zero attached hydrogens (tertiary/aromatic N) is 2. The van der Waals surface area contributed by atoms with Crippen LogP contribution in [0.5, 0.6) is 5.75 Å². The molecular formula is C24H29N3O2. The average molecular weight is 392 g/mol. The van der Waals surface area contributed by atoms with Crippen molar-refractivity contribution in [1.82, 2.24) is 14.9 Å². The third-order valence-electron chi connectivity index (χ3n) is 4.98. The van der Waals surface area contributed by atoms with Crippen LogP contribution in [-0.2, 0) is 11.3 Å². The summed E-state index contributed by atoms with van der Waals surface area (Å²) in [6, 6.07) is 14.1. The van der Waals surface area contributed by atoms with Crippen molar-refractivity contribution >= 4 is 16.9 Å². The Morgan fingerprint density at radius 3 is 2.72 bits per heavy atom. The number of hydrogen-bond acceptors (Lipinski definition) is 3. The Kier molecular flexibility index (Phi) is 6.37. The number of carbonyl (C=O) groups excluding carboxylic acids is 1. The second kappa shape index (κ2) is 8.95. The number of imidazole rings is 1. The van der Waals surface area contributed by atoms with Gasteiger partial charge in [0.15, 0.2) is 0 Å². The highest BCUT2D eigenvalue weighted by Crippen LogP contribution is 2.28. The van der Waals surface area contributed by atoms with Crippen LogP contribution in [0.25, 0.3) is 11.0 Å². The first kappa shape index (κ1) is 20.6. The first-order valence-corrected chi connectivity index (χ1v) is 10.0. The fourth-order valence-corrected chi connectivity index (χ4v) is 3.49. The van der Waals surface area contributed by atoms with Gasteiger partial charge in [0.2, 0.25) is 5.91 Å². The zero-order valence-corrected chi connectivity index (χ0v) is 17.6. The molecule has 1 heterocycles. The third-order valence-corrected chi connectivity index (χ3v) is 4.98. The number of hydrogen-bond donors (Lipinski definition) is 1. The lowest BCUT2D eigenvalue weighted by Crippen LogP contribution is -2.27. The molecule has 1 N–H and O–H groups in total. The maximum atomic E-state index is 11.8. The highest BCUT2D eigenvalue weighted by atomic mass is 16.5. The van der Waals surface area contributed by atoms with Crippen LogP contribution < -0.4 is 10.1 Å². The molecule has 1 aromatic heterocycles. The first-order valence-electron chi connectivity index (χ1n) is 10.0. The van der Waals surface area contributed by atoms with E-state index in [4.69, 9.17) is 9.72 Å². The summed E-state index contributed by atoms with van der Waals surface area (Å²) in [5.74, 6) is 1.91. The number of aryl methyl sites for hydroxylation is 1. The summed E-state index contributed by atoms with van der Waals surface area (Å²) < 4.78 is 8.31. The van der Waals surface area contributed by atoms with E-state index in [0.717, 1.165) is 22.6 Å². The Bertz CT molecular complexity index is 1020. The number of rotatable bonds is 8. The van der Waals surface area contributed by atoms with Crippen molar-refractivity contribution in [1.29, 1.82) is 0 Å². The van der Waals surface area contributed by atoms with Crippen LogP contribution >= 0.6 is 0 Å². The fraction of sp³-hybridized carbons (Fsp3) is 0.333. The average Bonchev–Trinajstić information content (AvgIpc) is 3.06. The van der Waals surface area contributed by atoms with Gasteiger partial charge in [-0.1, -0.05) is 44.7 Å². The standard InChI is InChI=1S/C24H29N3O2/c1-6-23(28)25-18(5)24-26-20-9-7-8-10-21(20)27(24)13-14-29-22-15-17(4)11-12-19(22)16(2)3/h6-12,15-16,18H,1,13-14H2,2-5H3,(H,25,28). The topological polar surface area (TPSA) is 56.2 Å². The molecule has 1 amide bonds. The second-order valence-corrected chi connectivity index (χ2v) is 7.59.